The van der Waals surface area contributed by atoms with Crippen molar-refractivity contribution in [3.05, 3.63) is 90.4 Å². The van der Waals surface area contributed by atoms with E-state index in [2.05, 4.69) is 9.89 Å². The van der Waals surface area contributed by atoms with Crippen LogP contribution in [0.15, 0.2) is 63.5 Å². The molecule has 0 fully saturated rings. The van der Waals surface area contributed by atoms with Crippen LogP contribution in [-0.2, 0) is 9.53 Å². The first kappa shape index (κ1) is 25.4. The molecule has 1 aromatic heterocycles. The molecule has 0 aliphatic carbocycles. The Bertz CT molecular complexity index is 1500. The number of carbonyl (C=O) groups is 1. The van der Waals surface area contributed by atoms with Gasteiger partial charge in [0.25, 0.3) is 5.56 Å². The maximum atomic E-state index is 13.7. The Balaban J connectivity index is 1.88. The van der Waals surface area contributed by atoms with Gasteiger partial charge in [-0.2, -0.15) is 0 Å². The summed E-state index contributed by atoms with van der Waals surface area (Å²) in [5, 5.41) is 10.7. The minimum atomic E-state index is -0.818. The molecule has 9 heteroatoms. The number of hydrogen-bond donors (Lipinski definition) is 1. The van der Waals surface area contributed by atoms with Gasteiger partial charge < -0.3 is 14.7 Å². The van der Waals surface area contributed by atoms with Gasteiger partial charge in [0.05, 0.1) is 28.5 Å². The maximum absolute atomic E-state index is 13.7. The fourth-order valence-corrected chi connectivity index (χ4v) is 5.37. The van der Waals surface area contributed by atoms with Gasteiger partial charge in [0.2, 0.25) is 0 Å². The van der Waals surface area contributed by atoms with E-state index >= 15 is 0 Å². The van der Waals surface area contributed by atoms with Gasteiger partial charge in [-0.05, 0) is 63.6 Å². The van der Waals surface area contributed by atoms with E-state index in [9.17, 15) is 19.1 Å². The number of fused-ring (bicyclic) bond motifs is 1. The van der Waals surface area contributed by atoms with Crippen molar-refractivity contribution in [2.75, 3.05) is 24.6 Å². The number of aromatic nitrogens is 1. The zero-order valence-corrected chi connectivity index (χ0v) is 21.4. The number of hydrogen-bond acceptors (Lipinski definition) is 7. The summed E-state index contributed by atoms with van der Waals surface area (Å²) in [6, 6.07) is 10.2. The molecule has 1 aliphatic heterocycles. The average molecular weight is 510 g/mol. The molecule has 2 heterocycles. The Labute approximate surface area is 212 Å². The number of ether oxygens (including phenoxy) is 1. The van der Waals surface area contributed by atoms with E-state index in [1.165, 1.54) is 16.7 Å². The fraction of sp³-hybridized carbons (Fsp3) is 0.296. The predicted molar refractivity (Wildman–Crippen MR) is 138 cm³/mol. The topological polar surface area (TPSA) is 84.1 Å². The summed E-state index contributed by atoms with van der Waals surface area (Å²) in [6.07, 6.45) is 1.62. The van der Waals surface area contributed by atoms with Gasteiger partial charge in [0.1, 0.15) is 11.6 Å². The van der Waals surface area contributed by atoms with Crippen LogP contribution in [0.5, 0.6) is 5.75 Å². The largest absolute Gasteiger partial charge is 0.507 e. The number of halogens is 1. The highest BCUT2D eigenvalue weighted by atomic mass is 32.1. The molecule has 1 N–H and O–H groups in total. The predicted octanol–water partition coefficient (Wildman–Crippen LogP) is 3.49. The third kappa shape index (κ3) is 4.70. The zero-order chi connectivity index (χ0) is 26.0. The highest BCUT2D eigenvalue weighted by Gasteiger charge is 2.33. The van der Waals surface area contributed by atoms with E-state index < -0.39 is 17.8 Å². The summed E-state index contributed by atoms with van der Waals surface area (Å²) >= 11 is 1.16. The minimum absolute atomic E-state index is 0.0590. The van der Waals surface area contributed by atoms with Crippen molar-refractivity contribution >= 4 is 29.1 Å². The van der Waals surface area contributed by atoms with E-state index in [0.717, 1.165) is 30.1 Å². The highest BCUT2D eigenvalue weighted by molar-refractivity contribution is 7.07. The number of phenols is 1. The van der Waals surface area contributed by atoms with Gasteiger partial charge in [0.15, 0.2) is 4.80 Å². The molecule has 0 radical (unpaired) electrons. The summed E-state index contributed by atoms with van der Waals surface area (Å²) in [4.78, 5) is 33.6. The van der Waals surface area contributed by atoms with Crippen LogP contribution >= 0.6 is 11.3 Å². The summed E-state index contributed by atoms with van der Waals surface area (Å²) in [5.74, 6) is -0.941. The van der Waals surface area contributed by atoms with Crippen molar-refractivity contribution in [2.45, 2.75) is 33.7 Å². The minimum Gasteiger partial charge on any atom is -0.507 e. The van der Waals surface area contributed by atoms with Crippen LogP contribution in [0.2, 0.25) is 0 Å². The standard InChI is InChI=1S/C27H28FN3O4S/c1-5-30(6-2)20-13-10-18(21(32)15-20)14-22-25(33)31-24(17-8-11-19(28)12-9-17)23(26(34)35-7-3)16(4)29-27(31)36-22/h8-15,24,32H,5-7H2,1-4H3/b22-14-/t24-/m1/s1. The molecular weight excluding hydrogens is 481 g/mol. The Morgan fingerprint density at radius 3 is 2.50 bits per heavy atom. The first-order valence-electron chi connectivity index (χ1n) is 11.8. The van der Waals surface area contributed by atoms with Crippen LogP contribution in [0, 0.1) is 5.82 Å². The molecule has 0 amide bonds. The van der Waals surface area contributed by atoms with E-state index in [1.54, 1.807) is 44.2 Å². The van der Waals surface area contributed by atoms with E-state index in [0.29, 0.717) is 26.2 Å². The van der Waals surface area contributed by atoms with Crippen molar-refractivity contribution in [3.63, 3.8) is 0 Å². The number of thiazole rings is 1. The normalized spacial score (nSPS) is 15.5. The molecular formula is C27H28FN3O4S. The molecule has 1 atom stereocenters. The lowest BCUT2D eigenvalue weighted by molar-refractivity contribution is -0.139. The molecule has 188 valence electrons. The van der Waals surface area contributed by atoms with Crippen molar-refractivity contribution < 1.29 is 19.0 Å². The number of nitrogens with zero attached hydrogens (tertiary/aromatic N) is 3. The van der Waals surface area contributed by atoms with Crippen LogP contribution in [0.1, 0.15) is 44.9 Å². The Morgan fingerprint density at radius 1 is 1.19 bits per heavy atom. The quantitative estimate of drug-likeness (QED) is 0.493. The highest BCUT2D eigenvalue weighted by Crippen LogP contribution is 2.31. The van der Waals surface area contributed by atoms with Crippen molar-refractivity contribution in [2.24, 2.45) is 4.99 Å². The molecule has 4 rings (SSSR count). The molecule has 0 unspecified atom stereocenters. The second-order valence-electron chi connectivity index (χ2n) is 8.27. The third-order valence-corrected chi connectivity index (χ3v) is 7.11. The first-order chi connectivity index (χ1) is 17.3. The Kier molecular flexibility index (Phi) is 7.40. The van der Waals surface area contributed by atoms with Crippen molar-refractivity contribution in [3.8, 4) is 5.75 Å². The van der Waals surface area contributed by atoms with E-state index in [4.69, 9.17) is 4.74 Å². The summed E-state index contributed by atoms with van der Waals surface area (Å²) in [7, 11) is 0. The lowest BCUT2D eigenvalue weighted by atomic mass is 9.96. The molecule has 0 spiro atoms. The van der Waals surface area contributed by atoms with Crippen LogP contribution in [-0.4, -0.2) is 35.3 Å². The number of benzene rings is 2. The second kappa shape index (κ2) is 10.5. The number of rotatable bonds is 7. The van der Waals surface area contributed by atoms with Gasteiger partial charge in [-0.1, -0.05) is 23.5 Å². The number of esters is 1. The summed E-state index contributed by atoms with van der Waals surface area (Å²) < 4.78 is 20.7. The maximum Gasteiger partial charge on any atom is 0.338 e. The van der Waals surface area contributed by atoms with Crippen molar-refractivity contribution in [1.82, 2.24) is 4.57 Å². The molecule has 36 heavy (non-hydrogen) atoms. The SMILES string of the molecule is CCOC(=O)C1=C(C)N=c2s/c(=C\c3ccc(N(CC)CC)cc3O)c(=O)n2[C@@H]1c1ccc(F)cc1. The summed E-state index contributed by atoms with van der Waals surface area (Å²) in [6.45, 7) is 9.25. The molecule has 0 saturated carbocycles. The monoisotopic (exact) mass is 509 g/mol. The van der Waals surface area contributed by atoms with Crippen LogP contribution in [0.3, 0.4) is 0 Å². The zero-order valence-electron chi connectivity index (χ0n) is 20.6. The molecule has 2 aromatic carbocycles. The molecule has 3 aromatic rings. The lowest BCUT2D eigenvalue weighted by Crippen LogP contribution is -2.39. The molecule has 1 aliphatic rings. The fourth-order valence-electron chi connectivity index (χ4n) is 4.33. The first-order valence-corrected chi connectivity index (χ1v) is 12.6. The van der Waals surface area contributed by atoms with Crippen LogP contribution in [0.25, 0.3) is 6.08 Å². The van der Waals surface area contributed by atoms with Gasteiger partial charge in [0, 0.05) is 30.4 Å². The van der Waals surface area contributed by atoms with Crippen molar-refractivity contribution in [1.29, 1.82) is 0 Å². The van der Waals surface area contributed by atoms with Gasteiger partial charge >= 0.3 is 5.97 Å². The van der Waals surface area contributed by atoms with E-state index in [1.807, 2.05) is 19.9 Å². The number of anilines is 1. The van der Waals surface area contributed by atoms with Crippen LogP contribution in [0.4, 0.5) is 10.1 Å². The second-order valence-corrected chi connectivity index (χ2v) is 9.28. The number of carbonyl (C=O) groups excluding carboxylic acids is 1. The lowest BCUT2D eigenvalue weighted by Gasteiger charge is -2.24. The van der Waals surface area contributed by atoms with Gasteiger partial charge in [-0.15, -0.1) is 0 Å². The van der Waals surface area contributed by atoms with Gasteiger partial charge in [-0.3, -0.25) is 9.36 Å². The van der Waals surface area contributed by atoms with E-state index in [-0.39, 0.29) is 23.5 Å². The smallest absolute Gasteiger partial charge is 0.338 e. The number of aromatic hydroxyl groups is 1. The summed E-state index contributed by atoms with van der Waals surface area (Å²) in [5.41, 5.74) is 2.25. The van der Waals surface area contributed by atoms with Crippen LogP contribution < -0.4 is 19.8 Å². The molecule has 0 saturated heterocycles. The molecule has 0 bridgehead atoms. The van der Waals surface area contributed by atoms with Gasteiger partial charge in [-0.25, -0.2) is 14.2 Å². The Morgan fingerprint density at radius 2 is 1.89 bits per heavy atom. The number of allylic oxidation sites excluding steroid dienone is 1. The molecule has 7 nitrogen and oxygen atoms in total. The number of phenolic OH excluding ortho intramolecular Hbond substituents is 1. The third-order valence-electron chi connectivity index (χ3n) is 6.13. The average Bonchev–Trinajstić information content (AvgIpc) is 3.15. The Hall–Kier alpha value is -3.72.